The summed E-state index contributed by atoms with van der Waals surface area (Å²) in [5.41, 5.74) is 5.31. The summed E-state index contributed by atoms with van der Waals surface area (Å²) < 4.78 is 12.1. The summed E-state index contributed by atoms with van der Waals surface area (Å²) in [6.07, 6.45) is 8.28. The molecule has 0 aromatic carbocycles. The zero-order chi connectivity index (χ0) is 28.1. The standard InChI is InChI=1S/C30H49NO5.C2H6/c1-16-29-14-13-28(6)18-7-9-20(24(27(4,5)34)36-25(31)33)35-21(18)15-19(28)17(29)8-10-22-26(2,3)23(32)11-12-30(16,22)29;1-2/h16-24,32,34H,7-15H2,1-6H3,(H2,31,33);1-2H3/t16-,17-,18-,19?,20+,21+,22?,23-,24-,28+,29-,30?;/m0./s1. The number of amides is 1. The summed E-state index contributed by atoms with van der Waals surface area (Å²) in [5, 5.41) is 21.7. The van der Waals surface area contributed by atoms with Crippen molar-refractivity contribution >= 4 is 6.09 Å². The fourth-order valence-electron chi connectivity index (χ4n) is 12.0. The Hall–Kier alpha value is -0.850. The smallest absolute Gasteiger partial charge is 0.404 e. The Kier molecular flexibility index (Phi) is 6.85. The summed E-state index contributed by atoms with van der Waals surface area (Å²) in [6, 6.07) is 0. The Labute approximate surface area is 230 Å². The molecule has 12 atom stereocenters. The number of carbonyl (C=O) groups is 1. The molecule has 218 valence electrons. The monoisotopic (exact) mass is 533 g/mol. The van der Waals surface area contributed by atoms with Gasteiger partial charge in [-0.15, -0.1) is 0 Å². The van der Waals surface area contributed by atoms with Crippen molar-refractivity contribution < 1.29 is 24.5 Å². The van der Waals surface area contributed by atoms with Crippen molar-refractivity contribution in [3.8, 4) is 0 Å². The van der Waals surface area contributed by atoms with Crippen molar-refractivity contribution in [1.29, 1.82) is 0 Å². The second-order valence-corrected chi connectivity index (χ2v) is 15.2. The van der Waals surface area contributed by atoms with Crippen LogP contribution in [0.3, 0.4) is 0 Å². The van der Waals surface area contributed by atoms with Crippen LogP contribution < -0.4 is 5.73 Å². The van der Waals surface area contributed by atoms with Crippen LogP contribution in [0.25, 0.3) is 0 Å². The van der Waals surface area contributed by atoms with Crippen molar-refractivity contribution in [2.45, 2.75) is 143 Å². The van der Waals surface area contributed by atoms with E-state index in [-0.39, 0.29) is 23.7 Å². The van der Waals surface area contributed by atoms with Crippen molar-refractivity contribution in [3.63, 3.8) is 0 Å². The quantitative estimate of drug-likeness (QED) is 0.409. The Morgan fingerprint density at radius 1 is 0.974 bits per heavy atom. The van der Waals surface area contributed by atoms with E-state index in [1.165, 1.54) is 32.1 Å². The molecular formula is C32H55NO5. The maximum atomic E-state index is 11.6. The van der Waals surface area contributed by atoms with Gasteiger partial charge in [0.1, 0.15) is 0 Å². The molecule has 5 aliphatic carbocycles. The summed E-state index contributed by atoms with van der Waals surface area (Å²) in [7, 11) is 0. The molecule has 38 heavy (non-hydrogen) atoms. The molecule has 4 N–H and O–H groups in total. The van der Waals surface area contributed by atoms with Crippen LogP contribution in [0.2, 0.25) is 0 Å². The highest BCUT2D eigenvalue weighted by Crippen LogP contribution is 2.89. The maximum absolute atomic E-state index is 11.6. The number of hydrogen-bond donors (Lipinski definition) is 3. The van der Waals surface area contributed by atoms with E-state index >= 15 is 0 Å². The first kappa shape index (κ1) is 28.7. The van der Waals surface area contributed by atoms with Crippen molar-refractivity contribution in [2.24, 2.45) is 57.0 Å². The molecule has 6 aliphatic rings. The SMILES string of the molecule is CC.C[C@@H]1C23CC[C@H](O)C(C)(C)C2CC[C@H]2C4C[C@H]5O[C@@H]([C@H](OC(N)=O)C(C)(C)O)CC[C@@H]5[C@@]4(C)CC[C@]123. The van der Waals surface area contributed by atoms with Crippen LogP contribution in [0.15, 0.2) is 0 Å². The van der Waals surface area contributed by atoms with Gasteiger partial charge < -0.3 is 25.4 Å². The van der Waals surface area contributed by atoms with Gasteiger partial charge in [-0.25, -0.2) is 4.79 Å². The molecule has 6 heteroatoms. The number of nitrogens with two attached hydrogens (primary N) is 1. The van der Waals surface area contributed by atoms with E-state index in [4.69, 9.17) is 15.2 Å². The molecule has 0 aromatic heterocycles. The van der Waals surface area contributed by atoms with Crippen LogP contribution in [0.5, 0.6) is 0 Å². The summed E-state index contributed by atoms with van der Waals surface area (Å²) in [4.78, 5) is 11.6. The first-order chi connectivity index (χ1) is 17.7. The lowest BCUT2D eigenvalue weighted by atomic mass is 9.46. The van der Waals surface area contributed by atoms with Crippen LogP contribution >= 0.6 is 0 Å². The third kappa shape index (κ3) is 3.57. The van der Waals surface area contributed by atoms with E-state index in [0.29, 0.717) is 34.0 Å². The zero-order valence-electron chi connectivity index (χ0n) is 25.3. The molecule has 6 nitrogen and oxygen atoms in total. The average Bonchev–Trinajstić information content (AvgIpc) is 3.23. The summed E-state index contributed by atoms with van der Waals surface area (Å²) in [5.74, 6) is 3.31. The highest BCUT2D eigenvalue weighted by atomic mass is 16.6. The molecule has 6 rings (SSSR count). The molecule has 6 fully saturated rings. The van der Waals surface area contributed by atoms with Gasteiger partial charge >= 0.3 is 6.09 Å². The second-order valence-electron chi connectivity index (χ2n) is 15.2. The first-order valence-electron chi connectivity index (χ1n) is 15.7. The minimum atomic E-state index is -1.21. The lowest BCUT2D eigenvalue weighted by molar-refractivity contribution is -0.176. The average molecular weight is 534 g/mol. The van der Waals surface area contributed by atoms with E-state index in [2.05, 4.69) is 27.7 Å². The fraction of sp³-hybridized carbons (Fsp3) is 0.969. The molecule has 0 radical (unpaired) electrons. The Morgan fingerprint density at radius 2 is 1.63 bits per heavy atom. The lowest BCUT2D eigenvalue weighted by Crippen LogP contribution is -2.54. The summed E-state index contributed by atoms with van der Waals surface area (Å²) >= 11 is 0. The first-order valence-corrected chi connectivity index (χ1v) is 15.7. The van der Waals surface area contributed by atoms with Crippen molar-refractivity contribution in [2.75, 3.05) is 0 Å². The molecule has 1 saturated heterocycles. The van der Waals surface area contributed by atoms with Crippen LogP contribution in [-0.2, 0) is 9.47 Å². The van der Waals surface area contributed by atoms with E-state index < -0.39 is 17.8 Å². The highest BCUT2D eigenvalue weighted by molar-refractivity contribution is 5.65. The van der Waals surface area contributed by atoms with E-state index in [9.17, 15) is 15.0 Å². The number of primary amides is 1. The Balaban J connectivity index is 0.00000144. The fourth-order valence-corrected chi connectivity index (χ4v) is 12.0. The molecule has 2 spiro atoms. The predicted octanol–water partition coefficient (Wildman–Crippen LogP) is 6.06. The lowest BCUT2D eigenvalue weighted by Gasteiger charge is -2.59. The van der Waals surface area contributed by atoms with Crippen LogP contribution in [0, 0.1) is 51.2 Å². The Morgan fingerprint density at radius 3 is 2.26 bits per heavy atom. The van der Waals surface area contributed by atoms with Crippen molar-refractivity contribution in [1.82, 2.24) is 0 Å². The molecule has 1 aliphatic heterocycles. The number of rotatable bonds is 3. The van der Waals surface area contributed by atoms with Gasteiger partial charge in [-0.3, -0.25) is 0 Å². The third-order valence-electron chi connectivity index (χ3n) is 13.5. The molecule has 1 heterocycles. The van der Waals surface area contributed by atoms with E-state index in [1.807, 2.05) is 13.8 Å². The van der Waals surface area contributed by atoms with Gasteiger partial charge in [-0.2, -0.15) is 0 Å². The van der Waals surface area contributed by atoms with Crippen molar-refractivity contribution in [3.05, 3.63) is 0 Å². The molecule has 0 aromatic rings. The van der Waals surface area contributed by atoms with Gasteiger partial charge in [0.2, 0.25) is 0 Å². The number of hydrogen-bond acceptors (Lipinski definition) is 5. The normalized spacial score (nSPS) is 51.0. The van der Waals surface area contributed by atoms with Gasteiger partial charge in [-0.05, 0) is 123 Å². The van der Waals surface area contributed by atoms with Crippen LogP contribution in [-0.4, -0.2) is 46.3 Å². The zero-order valence-corrected chi connectivity index (χ0v) is 25.3. The molecule has 5 saturated carbocycles. The molecule has 0 bridgehead atoms. The molecule has 3 unspecified atom stereocenters. The van der Waals surface area contributed by atoms with Gasteiger partial charge in [0, 0.05) is 0 Å². The highest BCUT2D eigenvalue weighted by Gasteiger charge is 2.84. The molecule has 1 amide bonds. The van der Waals surface area contributed by atoms with Crippen LogP contribution in [0.4, 0.5) is 4.79 Å². The van der Waals surface area contributed by atoms with Crippen LogP contribution in [0.1, 0.15) is 113 Å². The van der Waals surface area contributed by atoms with Gasteiger partial charge in [0.25, 0.3) is 0 Å². The van der Waals surface area contributed by atoms with Gasteiger partial charge in [0.15, 0.2) is 6.10 Å². The third-order valence-corrected chi connectivity index (χ3v) is 13.5. The van der Waals surface area contributed by atoms with Gasteiger partial charge in [0.05, 0.1) is 23.9 Å². The number of fused-ring (bicyclic) bond motifs is 4. The topological polar surface area (TPSA) is 102 Å². The summed E-state index contributed by atoms with van der Waals surface area (Å²) in [6.45, 7) is 17.1. The second kappa shape index (κ2) is 9.08. The number of carbonyl (C=O) groups excluding carboxylic acids is 1. The minimum absolute atomic E-state index is 0.00820. The Bertz CT molecular complexity index is 929. The number of aliphatic hydroxyl groups is 2. The predicted molar refractivity (Wildman–Crippen MR) is 148 cm³/mol. The maximum Gasteiger partial charge on any atom is 0.404 e. The largest absolute Gasteiger partial charge is 0.441 e. The minimum Gasteiger partial charge on any atom is -0.441 e. The van der Waals surface area contributed by atoms with E-state index in [0.717, 1.165) is 37.5 Å². The molecular weight excluding hydrogens is 478 g/mol. The van der Waals surface area contributed by atoms with Gasteiger partial charge in [-0.1, -0.05) is 41.5 Å². The number of ether oxygens (including phenoxy) is 2. The number of aliphatic hydroxyl groups excluding tert-OH is 1. The van der Waals surface area contributed by atoms with E-state index in [1.54, 1.807) is 13.8 Å².